The Morgan fingerprint density at radius 3 is 2.50 bits per heavy atom. The third-order valence-electron chi connectivity index (χ3n) is 3.18. The SMILES string of the molecule is CCCNc1cc(N(CC)C(C)CN(C)C)nc(C)n1. The second kappa shape index (κ2) is 8.04. The lowest BCUT2D eigenvalue weighted by atomic mass is 10.2. The first-order valence-electron chi connectivity index (χ1n) is 7.48. The minimum absolute atomic E-state index is 0.420. The molecule has 0 bridgehead atoms. The molecule has 1 unspecified atom stereocenters. The molecule has 0 aliphatic rings. The highest BCUT2D eigenvalue weighted by Gasteiger charge is 2.16. The fourth-order valence-electron chi connectivity index (χ4n) is 2.37. The van der Waals surface area contributed by atoms with E-state index in [1.165, 1.54) is 0 Å². The van der Waals surface area contributed by atoms with E-state index in [1.807, 2.05) is 6.92 Å². The molecule has 5 nitrogen and oxygen atoms in total. The lowest BCUT2D eigenvalue weighted by molar-refractivity contribution is 0.372. The maximum Gasteiger partial charge on any atom is 0.134 e. The minimum Gasteiger partial charge on any atom is -0.370 e. The van der Waals surface area contributed by atoms with Gasteiger partial charge in [0.2, 0.25) is 0 Å². The highest BCUT2D eigenvalue weighted by atomic mass is 15.2. The van der Waals surface area contributed by atoms with Gasteiger partial charge in [0.25, 0.3) is 0 Å². The summed E-state index contributed by atoms with van der Waals surface area (Å²) in [7, 11) is 4.20. The largest absolute Gasteiger partial charge is 0.370 e. The predicted molar refractivity (Wildman–Crippen MR) is 86.6 cm³/mol. The number of anilines is 2. The van der Waals surface area contributed by atoms with Gasteiger partial charge < -0.3 is 15.1 Å². The van der Waals surface area contributed by atoms with Crippen LogP contribution in [0.3, 0.4) is 0 Å². The Morgan fingerprint density at radius 2 is 1.95 bits per heavy atom. The summed E-state index contributed by atoms with van der Waals surface area (Å²) in [6.07, 6.45) is 1.09. The first-order chi connectivity index (χ1) is 9.47. The molecule has 0 aliphatic heterocycles. The van der Waals surface area contributed by atoms with Crippen LogP contribution in [0.5, 0.6) is 0 Å². The molecule has 0 radical (unpaired) electrons. The molecule has 1 atom stereocenters. The van der Waals surface area contributed by atoms with E-state index in [0.29, 0.717) is 6.04 Å². The predicted octanol–water partition coefficient (Wildman–Crippen LogP) is 2.38. The molecule has 0 aromatic carbocycles. The molecular formula is C15H29N5. The van der Waals surface area contributed by atoms with Crippen LogP contribution in [0.25, 0.3) is 0 Å². The topological polar surface area (TPSA) is 44.3 Å². The highest BCUT2D eigenvalue weighted by Crippen LogP contribution is 2.18. The zero-order valence-electron chi connectivity index (χ0n) is 13.8. The van der Waals surface area contributed by atoms with Crippen molar-refractivity contribution < 1.29 is 0 Å². The van der Waals surface area contributed by atoms with Crippen LogP contribution in [0.2, 0.25) is 0 Å². The number of hydrogen-bond donors (Lipinski definition) is 1. The quantitative estimate of drug-likeness (QED) is 0.791. The van der Waals surface area contributed by atoms with Crippen LogP contribution in [0.1, 0.15) is 33.0 Å². The van der Waals surface area contributed by atoms with Crippen LogP contribution >= 0.6 is 0 Å². The van der Waals surface area contributed by atoms with Crippen molar-refractivity contribution in [3.8, 4) is 0 Å². The van der Waals surface area contributed by atoms with Crippen molar-refractivity contribution in [1.29, 1.82) is 0 Å². The van der Waals surface area contributed by atoms with Crippen LogP contribution in [0, 0.1) is 6.92 Å². The maximum absolute atomic E-state index is 4.60. The molecule has 5 heteroatoms. The van der Waals surface area contributed by atoms with E-state index in [4.69, 9.17) is 0 Å². The summed E-state index contributed by atoms with van der Waals surface area (Å²) in [6.45, 7) is 11.4. The lowest BCUT2D eigenvalue weighted by Crippen LogP contribution is -2.40. The zero-order chi connectivity index (χ0) is 15.1. The summed E-state index contributed by atoms with van der Waals surface area (Å²) in [4.78, 5) is 13.6. The van der Waals surface area contributed by atoms with Gasteiger partial charge in [-0.05, 0) is 41.3 Å². The Morgan fingerprint density at radius 1 is 1.25 bits per heavy atom. The summed E-state index contributed by atoms with van der Waals surface area (Å²) >= 11 is 0. The second-order valence-electron chi connectivity index (χ2n) is 5.48. The summed E-state index contributed by atoms with van der Waals surface area (Å²) in [6, 6.07) is 2.47. The molecule has 20 heavy (non-hydrogen) atoms. The number of aromatic nitrogens is 2. The molecule has 0 fully saturated rings. The van der Waals surface area contributed by atoms with Crippen LogP contribution < -0.4 is 10.2 Å². The normalized spacial score (nSPS) is 12.6. The molecule has 0 aliphatic carbocycles. The van der Waals surface area contributed by atoms with Crippen LogP contribution in [0.4, 0.5) is 11.6 Å². The highest BCUT2D eigenvalue weighted by molar-refractivity contribution is 5.50. The standard InChI is InChI=1S/C15H29N5/c1-7-9-16-14-10-15(18-13(4)17-14)20(8-2)12(3)11-19(5)6/h10,12H,7-9,11H2,1-6H3,(H,16,17,18). The summed E-state index contributed by atoms with van der Waals surface area (Å²) in [5.74, 6) is 2.74. The van der Waals surface area contributed by atoms with E-state index in [1.54, 1.807) is 0 Å². The van der Waals surface area contributed by atoms with E-state index in [-0.39, 0.29) is 0 Å². The molecule has 0 saturated heterocycles. The summed E-state index contributed by atoms with van der Waals surface area (Å²) < 4.78 is 0. The van der Waals surface area contributed by atoms with Crippen molar-refractivity contribution in [2.75, 3.05) is 43.9 Å². The molecule has 0 amide bonds. The zero-order valence-corrected chi connectivity index (χ0v) is 13.8. The van der Waals surface area contributed by atoms with Crippen LogP contribution in [0.15, 0.2) is 6.07 Å². The van der Waals surface area contributed by atoms with Gasteiger partial charge in [-0.1, -0.05) is 6.92 Å². The minimum atomic E-state index is 0.420. The molecule has 1 aromatic rings. The van der Waals surface area contributed by atoms with Crippen molar-refractivity contribution in [3.63, 3.8) is 0 Å². The van der Waals surface area contributed by atoms with Gasteiger partial charge in [-0.15, -0.1) is 0 Å². The molecule has 0 spiro atoms. The lowest BCUT2D eigenvalue weighted by Gasteiger charge is -2.31. The van der Waals surface area contributed by atoms with Crippen molar-refractivity contribution in [2.45, 2.75) is 40.2 Å². The van der Waals surface area contributed by atoms with Gasteiger partial charge in [0.15, 0.2) is 0 Å². The van der Waals surface area contributed by atoms with Gasteiger partial charge in [-0.3, -0.25) is 0 Å². The molecule has 1 rings (SSSR count). The van der Waals surface area contributed by atoms with E-state index >= 15 is 0 Å². The van der Waals surface area contributed by atoms with E-state index in [9.17, 15) is 0 Å². The van der Waals surface area contributed by atoms with Crippen LogP contribution in [-0.2, 0) is 0 Å². The number of aryl methyl sites for hydroxylation is 1. The molecule has 0 saturated carbocycles. The van der Waals surface area contributed by atoms with Crippen molar-refractivity contribution >= 4 is 11.6 Å². The molecule has 1 N–H and O–H groups in total. The molecule has 1 heterocycles. The Hall–Kier alpha value is -1.36. The van der Waals surface area contributed by atoms with Crippen molar-refractivity contribution in [1.82, 2.24) is 14.9 Å². The fourth-order valence-corrected chi connectivity index (χ4v) is 2.37. The summed E-state index contributed by atoms with van der Waals surface area (Å²) in [5.41, 5.74) is 0. The maximum atomic E-state index is 4.60. The smallest absolute Gasteiger partial charge is 0.134 e. The Bertz CT molecular complexity index is 405. The monoisotopic (exact) mass is 279 g/mol. The second-order valence-corrected chi connectivity index (χ2v) is 5.48. The fraction of sp³-hybridized carbons (Fsp3) is 0.733. The van der Waals surface area contributed by atoms with E-state index in [2.05, 4.69) is 66.0 Å². The van der Waals surface area contributed by atoms with Crippen molar-refractivity contribution in [3.05, 3.63) is 11.9 Å². The number of likely N-dealkylation sites (N-methyl/N-ethyl adjacent to an activating group) is 2. The van der Waals surface area contributed by atoms with Gasteiger partial charge >= 0.3 is 0 Å². The third kappa shape index (κ3) is 4.96. The van der Waals surface area contributed by atoms with Gasteiger partial charge in [0.05, 0.1) is 0 Å². The van der Waals surface area contributed by atoms with Gasteiger partial charge in [0.1, 0.15) is 17.5 Å². The number of nitrogens with one attached hydrogen (secondary N) is 1. The van der Waals surface area contributed by atoms with Gasteiger partial charge in [0, 0.05) is 31.7 Å². The number of rotatable bonds is 8. The summed E-state index contributed by atoms with van der Waals surface area (Å²) in [5, 5.41) is 3.35. The first-order valence-corrected chi connectivity index (χ1v) is 7.48. The number of hydrogen-bond acceptors (Lipinski definition) is 5. The van der Waals surface area contributed by atoms with Gasteiger partial charge in [-0.2, -0.15) is 0 Å². The van der Waals surface area contributed by atoms with Crippen molar-refractivity contribution in [2.24, 2.45) is 0 Å². The number of nitrogens with zero attached hydrogens (tertiary/aromatic N) is 4. The average molecular weight is 279 g/mol. The van der Waals surface area contributed by atoms with E-state index < -0.39 is 0 Å². The molecule has 114 valence electrons. The Kier molecular flexibility index (Phi) is 6.71. The Labute approximate surface area is 123 Å². The van der Waals surface area contributed by atoms with E-state index in [0.717, 1.165) is 43.5 Å². The third-order valence-corrected chi connectivity index (χ3v) is 3.18. The van der Waals surface area contributed by atoms with Crippen LogP contribution in [-0.4, -0.2) is 54.6 Å². The first kappa shape index (κ1) is 16.7. The average Bonchev–Trinajstić information content (AvgIpc) is 2.35. The van der Waals surface area contributed by atoms with Gasteiger partial charge in [-0.25, -0.2) is 9.97 Å². The molecule has 1 aromatic heterocycles. The Balaban J connectivity index is 2.93. The molecular weight excluding hydrogens is 250 g/mol.